The van der Waals surface area contributed by atoms with Crippen molar-refractivity contribution in [3.8, 4) is 0 Å². The van der Waals surface area contributed by atoms with E-state index in [4.69, 9.17) is 5.11 Å². The highest BCUT2D eigenvalue weighted by molar-refractivity contribution is 7.12. The second kappa shape index (κ2) is 7.72. The van der Waals surface area contributed by atoms with Crippen molar-refractivity contribution in [1.82, 2.24) is 5.32 Å². The minimum Gasteiger partial charge on any atom is -0.394 e. The van der Waals surface area contributed by atoms with Crippen LogP contribution in [0.1, 0.15) is 33.4 Å². The standard InChI is InChI=1S/C16H18N2O3S/c1-2-12(10-19)17-15(20)11-5-3-6-13(9-11)18-16(21)14-7-4-8-22-14/h3-9,12,19H,2,10H2,1H3,(H,17,20)(H,18,21). The lowest BCUT2D eigenvalue weighted by molar-refractivity contribution is 0.0914. The van der Waals surface area contributed by atoms with Crippen LogP contribution in [0.25, 0.3) is 0 Å². The number of thiophene rings is 1. The molecular weight excluding hydrogens is 300 g/mol. The summed E-state index contributed by atoms with van der Waals surface area (Å²) in [4.78, 5) is 24.7. The highest BCUT2D eigenvalue weighted by Gasteiger charge is 2.12. The summed E-state index contributed by atoms with van der Waals surface area (Å²) in [6.45, 7) is 1.79. The normalized spacial score (nSPS) is 11.7. The predicted octanol–water partition coefficient (Wildman–Crippen LogP) is 2.50. The van der Waals surface area contributed by atoms with Crippen LogP contribution in [0.4, 0.5) is 5.69 Å². The number of hydrogen-bond acceptors (Lipinski definition) is 4. The van der Waals surface area contributed by atoms with Gasteiger partial charge in [0.2, 0.25) is 0 Å². The topological polar surface area (TPSA) is 78.4 Å². The number of amides is 2. The number of aliphatic hydroxyl groups excluding tert-OH is 1. The number of anilines is 1. The van der Waals surface area contributed by atoms with Gasteiger partial charge in [0.1, 0.15) is 0 Å². The smallest absolute Gasteiger partial charge is 0.265 e. The van der Waals surface area contributed by atoms with Crippen LogP contribution in [-0.2, 0) is 0 Å². The van der Waals surface area contributed by atoms with Crippen LogP contribution in [0.2, 0.25) is 0 Å². The predicted molar refractivity (Wildman–Crippen MR) is 87.3 cm³/mol. The van der Waals surface area contributed by atoms with E-state index in [1.54, 1.807) is 30.3 Å². The molecule has 0 aliphatic carbocycles. The van der Waals surface area contributed by atoms with E-state index in [0.29, 0.717) is 22.5 Å². The third-order valence-electron chi connectivity index (χ3n) is 3.18. The highest BCUT2D eigenvalue weighted by Crippen LogP contribution is 2.15. The summed E-state index contributed by atoms with van der Waals surface area (Å²) in [7, 11) is 0. The van der Waals surface area contributed by atoms with Gasteiger partial charge in [0.15, 0.2) is 0 Å². The molecular formula is C16H18N2O3S. The molecule has 2 rings (SSSR count). The number of benzene rings is 1. The van der Waals surface area contributed by atoms with E-state index in [1.165, 1.54) is 11.3 Å². The van der Waals surface area contributed by atoms with Gasteiger partial charge in [-0.1, -0.05) is 19.1 Å². The molecule has 116 valence electrons. The minimum atomic E-state index is -0.270. The van der Waals surface area contributed by atoms with Crippen molar-refractivity contribution in [2.24, 2.45) is 0 Å². The van der Waals surface area contributed by atoms with Gasteiger partial charge >= 0.3 is 0 Å². The SMILES string of the molecule is CCC(CO)NC(=O)c1cccc(NC(=O)c2cccs2)c1. The van der Waals surface area contributed by atoms with Gasteiger partial charge in [-0.2, -0.15) is 0 Å². The Morgan fingerprint density at radius 1 is 1.23 bits per heavy atom. The van der Waals surface area contributed by atoms with Crippen molar-refractivity contribution >= 4 is 28.8 Å². The van der Waals surface area contributed by atoms with Crippen molar-refractivity contribution < 1.29 is 14.7 Å². The largest absolute Gasteiger partial charge is 0.394 e. The summed E-state index contributed by atoms with van der Waals surface area (Å²) in [5.41, 5.74) is 0.999. The molecule has 1 heterocycles. The molecule has 1 unspecified atom stereocenters. The Bertz CT molecular complexity index is 637. The first-order valence-electron chi connectivity index (χ1n) is 7.00. The molecule has 3 N–H and O–H groups in total. The maximum atomic E-state index is 12.1. The first-order chi connectivity index (χ1) is 10.6. The highest BCUT2D eigenvalue weighted by atomic mass is 32.1. The van der Waals surface area contributed by atoms with E-state index in [9.17, 15) is 9.59 Å². The van der Waals surface area contributed by atoms with E-state index >= 15 is 0 Å². The van der Waals surface area contributed by atoms with Crippen LogP contribution in [0.5, 0.6) is 0 Å². The summed E-state index contributed by atoms with van der Waals surface area (Å²) in [5, 5.41) is 16.5. The zero-order chi connectivity index (χ0) is 15.9. The summed E-state index contributed by atoms with van der Waals surface area (Å²) < 4.78 is 0. The number of rotatable bonds is 6. The van der Waals surface area contributed by atoms with Gasteiger partial charge in [-0.25, -0.2) is 0 Å². The van der Waals surface area contributed by atoms with Gasteiger partial charge in [0, 0.05) is 11.3 Å². The number of hydrogen-bond donors (Lipinski definition) is 3. The van der Waals surface area contributed by atoms with Crippen molar-refractivity contribution in [3.63, 3.8) is 0 Å². The summed E-state index contributed by atoms with van der Waals surface area (Å²) in [6, 6.07) is 10.00. The van der Waals surface area contributed by atoms with Gasteiger partial charge in [-0.05, 0) is 36.1 Å². The molecule has 0 saturated carbocycles. The molecule has 0 aliphatic heterocycles. The Kier molecular flexibility index (Phi) is 5.68. The van der Waals surface area contributed by atoms with Gasteiger partial charge in [-0.3, -0.25) is 9.59 Å². The Labute approximate surface area is 133 Å². The van der Waals surface area contributed by atoms with E-state index < -0.39 is 0 Å². The quantitative estimate of drug-likeness (QED) is 0.766. The van der Waals surface area contributed by atoms with Gasteiger partial charge in [-0.15, -0.1) is 11.3 Å². The zero-order valence-electron chi connectivity index (χ0n) is 12.2. The van der Waals surface area contributed by atoms with Crippen LogP contribution in [-0.4, -0.2) is 29.6 Å². The molecule has 0 radical (unpaired) electrons. The van der Waals surface area contributed by atoms with E-state index in [0.717, 1.165) is 0 Å². The second-order valence-corrected chi connectivity index (χ2v) is 5.72. The van der Waals surface area contributed by atoms with E-state index in [1.807, 2.05) is 18.4 Å². The van der Waals surface area contributed by atoms with Crippen LogP contribution in [0.3, 0.4) is 0 Å². The number of nitrogens with one attached hydrogen (secondary N) is 2. The lowest BCUT2D eigenvalue weighted by Crippen LogP contribution is -2.36. The van der Waals surface area contributed by atoms with E-state index in [-0.39, 0.29) is 24.5 Å². The fraction of sp³-hybridized carbons (Fsp3) is 0.250. The summed E-state index contributed by atoms with van der Waals surface area (Å²) in [6.07, 6.45) is 0.650. The van der Waals surface area contributed by atoms with E-state index in [2.05, 4.69) is 10.6 Å². The molecule has 1 atom stereocenters. The molecule has 1 aromatic heterocycles. The van der Waals surface area contributed by atoms with Crippen molar-refractivity contribution in [2.45, 2.75) is 19.4 Å². The molecule has 1 aromatic carbocycles. The number of carbonyl (C=O) groups is 2. The van der Waals surface area contributed by atoms with Crippen molar-refractivity contribution in [3.05, 3.63) is 52.2 Å². The summed E-state index contributed by atoms with van der Waals surface area (Å²) >= 11 is 1.36. The van der Waals surface area contributed by atoms with Gasteiger partial charge in [0.05, 0.1) is 17.5 Å². The molecule has 0 fully saturated rings. The molecule has 0 saturated heterocycles. The summed E-state index contributed by atoms with van der Waals surface area (Å²) in [5.74, 6) is -0.470. The molecule has 0 aliphatic rings. The van der Waals surface area contributed by atoms with Crippen LogP contribution < -0.4 is 10.6 Å². The first kappa shape index (κ1) is 16.2. The van der Waals surface area contributed by atoms with Crippen LogP contribution in [0.15, 0.2) is 41.8 Å². The molecule has 22 heavy (non-hydrogen) atoms. The van der Waals surface area contributed by atoms with Crippen LogP contribution >= 0.6 is 11.3 Å². The molecule has 5 nitrogen and oxygen atoms in total. The Hall–Kier alpha value is -2.18. The second-order valence-electron chi connectivity index (χ2n) is 4.77. The third kappa shape index (κ3) is 4.16. The van der Waals surface area contributed by atoms with Crippen molar-refractivity contribution in [1.29, 1.82) is 0 Å². The van der Waals surface area contributed by atoms with Gasteiger partial charge < -0.3 is 15.7 Å². The Balaban J connectivity index is 2.06. The molecule has 2 aromatic rings. The fourth-order valence-electron chi connectivity index (χ4n) is 1.88. The zero-order valence-corrected chi connectivity index (χ0v) is 13.0. The monoisotopic (exact) mass is 318 g/mol. The Morgan fingerprint density at radius 2 is 2.05 bits per heavy atom. The van der Waals surface area contributed by atoms with Gasteiger partial charge in [0.25, 0.3) is 11.8 Å². The lowest BCUT2D eigenvalue weighted by Gasteiger charge is -2.14. The fourth-order valence-corrected chi connectivity index (χ4v) is 2.50. The maximum Gasteiger partial charge on any atom is 0.265 e. The first-order valence-corrected chi connectivity index (χ1v) is 7.88. The molecule has 6 heteroatoms. The average Bonchev–Trinajstić information content (AvgIpc) is 3.07. The number of carbonyl (C=O) groups excluding carboxylic acids is 2. The minimum absolute atomic E-state index is 0.100. The third-order valence-corrected chi connectivity index (χ3v) is 4.04. The van der Waals surface area contributed by atoms with Crippen molar-refractivity contribution in [2.75, 3.05) is 11.9 Å². The molecule has 2 amide bonds. The number of aliphatic hydroxyl groups is 1. The molecule has 0 spiro atoms. The van der Waals surface area contributed by atoms with Crippen LogP contribution in [0, 0.1) is 0 Å². The Morgan fingerprint density at radius 3 is 2.68 bits per heavy atom. The maximum absolute atomic E-state index is 12.1. The average molecular weight is 318 g/mol. The molecule has 0 bridgehead atoms. The lowest BCUT2D eigenvalue weighted by atomic mass is 10.1.